The van der Waals surface area contributed by atoms with Crippen LogP contribution in [0.2, 0.25) is 0 Å². The Labute approximate surface area is 92.3 Å². The zero-order valence-corrected chi connectivity index (χ0v) is 9.90. The van der Waals surface area contributed by atoms with E-state index in [0.717, 1.165) is 24.5 Å². The molecule has 15 heavy (non-hydrogen) atoms. The van der Waals surface area contributed by atoms with E-state index in [2.05, 4.69) is 30.7 Å². The van der Waals surface area contributed by atoms with E-state index < -0.39 is 0 Å². The fraction of sp³-hybridized carbons (Fsp3) is 0.583. The van der Waals surface area contributed by atoms with Gasteiger partial charge in [0.25, 0.3) is 0 Å². The van der Waals surface area contributed by atoms with Gasteiger partial charge in [-0.05, 0) is 38.9 Å². The van der Waals surface area contributed by atoms with Crippen LogP contribution in [0.25, 0.3) is 0 Å². The second-order valence-corrected chi connectivity index (χ2v) is 4.15. The number of nitrogens with two attached hydrogens (primary N) is 1. The number of pyridine rings is 1. The van der Waals surface area contributed by atoms with Crippen LogP contribution in [0.4, 0.5) is 5.69 Å². The Balaban J connectivity index is 2.61. The summed E-state index contributed by atoms with van der Waals surface area (Å²) < 4.78 is 0. The first-order valence-electron chi connectivity index (χ1n) is 5.58. The molecule has 0 amide bonds. The molecular formula is C12H21N3. The molecule has 2 N–H and O–H groups in total. The van der Waals surface area contributed by atoms with E-state index in [1.54, 1.807) is 6.20 Å². The van der Waals surface area contributed by atoms with Crippen LogP contribution < -0.4 is 5.73 Å². The normalized spacial score (nSPS) is 11.3. The Morgan fingerprint density at radius 2 is 2.13 bits per heavy atom. The quantitative estimate of drug-likeness (QED) is 0.805. The lowest BCUT2D eigenvalue weighted by molar-refractivity contribution is 0.211. The summed E-state index contributed by atoms with van der Waals surface area (Å²) in [5.41, 5.74) is 7.42. The van der Waals surface area contributed by atoms with Crippen molar-refractivity contribution in [2.45, 2.75) is 39.8 Å². The van der Waals surface area contributed by atoms with E-state index in [1.165, 1.54) is 6.42 Å². The number of nitrogen functional groups attached to an aromatic ring is 1. The molecule has 0 unspecified atom stereocenters. The average molecular weight is 207 g/mol. The molecular weight excluding hydrogens is 186 g/mol. The molecule has 0 saturated heterocycles. The largest absolute Gasteiger partial charge is 0.397 e. The van der Waals surface area contributed by atoms with Crippen LogP contribution in [0.5, 0.6) is 0 Å². The maximum atomic E-state index is 5.60. The van der Waals surface area contributed by atoms with Crippen LogP contribution in [-0.2, 0) is 6.54 Å². The van der Waals surface area contributed by atoms with Gasteiger partial charge in [0.15, 0.2) is 0 Å². The highest BCUT2D eigenvalue weighted by molar-refractivity contribution is 5.34. The van der Waals surface area contributed by atoms with Gasteiger partial charge < -0.3 is 5.73 Å². The second kappa shape index (κ2) is 5.71. The van der Waals surface area contributed by atoms with E-state index >= 15 is 0 Å². The molecule has 0 atom stereocenters. The summed E-state index contributed by atoms with van der Waals surface area (Å²) >= 11 is 0. The summed E-state index contributed by atoms with van der Waals surface area (Å²) in [6.45, 7) is 8.65. The number of aromatic nitrogens is 1. The SMILES string of the molecule is CCCN(Cc1ccc(N)cn1)C(C)C. The molecule has 0 aliphatic rings. The first-order chi connectivity index (χ1) is 7.13. The Kier molecular flexibility index (Phi) is 4.56. The van der Waals surface area contributed by atoms with Crippen LogP contribution >= 0.6 is 0 Å². The standard InChI is InChI=1S/C12H21N3/c1-4-7-15(10(2)3)9-12-6-5-11(13)8-14-12/h5-6,8,10H,4,7,9,13H2,1-3H3. The van der Waals surface area contributed by atoms with Gasteiger partial charge in [-0.25, -0.2) is 0 Å². The Morgan fingerprint density at radius 1 is 1.40 bits per heavy atom. The van der Waals surface area contributed by atoms with Gasteiger partial charge in [-0.1, -0.05) is 6.92 Å². The Morgan fingerprint density at radius 3 is 2.60 bits per heavy atom. The number of nitrogens with zero attached hydrogens (tertiary/aromatic N) is 2. The Hall–Kier alpha value is -1.09. The molecule has 0 aliphatic carbocycles. The first kappa shape index (κ1) is 12.0. The fourth-order valence-corrected chi connectivity index (χ4v) is 1.54. The molecule has 1 heterocycles. The van der Waals surface area contributed by atoms with Gasteiger partial charge in [0.1, 0.15) is 0 Å². The third-order valence-corrected chi connectivity index (χ3v) is 2.45. The molecule has 3 nitrogen and oxygen atoms in total. The Bertz CT molecular complexity index is 279. The van der Waals surface area contributed by atoms with Gasteiger partial charge in [0, 0.05) is 12.6 Å². The van der Waals surface area contributed by atoms with Crippen molar-refractivity contribution in [3.63, 3.8) is 0 Å². The van der Waals surface area contributed by atoms with Crippen LogP contribution in [0, 0.1) is 0 Å². The van der Waals surface area contributed by atoms with Crippen molar-refractivity contribution in [3.8, 4) is 0 Å². The summed E-state index contributed by atoms with van der Waals surface area (Å²) in [6, 6.07) is 4.47. The summed E-state index contributed by atoms with van der Waals surface area (Å²) in [6.07, 6.45) is 2.90. The zero-order chi connectivity index (χ0) is 11.3. The van der Waals surface area contributed by atoms with Crippen LogP contribution in [0.1, 0.15) is 32.9 Å². The smallest absolute Gasteiger partial charge is 0.0545 e. The molecule has 1 aromatic rings. The van der Waals surface area contributed by atoms with Crippen molar-refractivity contribution < 1.29 is 0 Å². The van der Waals surface area contributed by atoms with E-state index in [4.69, 9.17) is 5.73 Å². The molecule has 1 aromatic heterocycles. The van der Waals surface area contributed by atoms with E-state index in [-0.39, 0.29) is 0 Å². The van der Waals surface area contributed by atoms with Crippen molar-refractivity contribution >= 4 is 5.69 Å². The van der Waals surface area contributed by atoms with E-state index in [0.29, 0.717) is 6.04 Å². The third-order valence-electron chi connectivity index (χ3n) is 2.45. The van der Waals surface area contributed by atoms with Crippen LogP contribution in [0.15, 0.2) is 18.3 Å². The maximum Gasteiger partial charge on any atom is 0.0545 e. The van der Waals surface area contributed by atoms with Gasteiger partial charge in [0.05, 0.1) is 17.6 Å². The lowest BCUT2D eigenvalue weighted by Gasteiger charge is -2.25. The van der Waals surface area contributed by atoms with E-state index in [1.807, 2.05) is 12.1 Å². The highest BCUT2D eigenvalue weighted by Crippen LogP contribution is 2.08. The summed E-state index contributed by atoms with van der Waals surface area (Å²) in [4.78, 5) is 6.73. The highest BCUT2D eigenvalue weighted by Gasteiger charge is 2.09. The number of hydrogen-bond donors (Lipinski definition) is 1. The maximum absolute atomic E-state index is 5.60. The van der Waals surface area contributed by atoms with Crippen LogP contribution in [-0.4, -0.2) is 22.5 Å². The molecule has 0 aromatic carbocycles. The predicted octanol–water partition coefficient (Wildman–Crippen LogP) is 2.28. The topological polar surface area (TPSA) is 42.1 Å². The number of hydrogen-bond acceptors (Lipinski definition) is 3. The number of anilines is 1. The van der Waals surface area contributed by atoms with E-state index in [9.17, 15) is 0 Å². The average Bonchev–Trinajstić information content (AvgIpc) is 2.20. The second-order valence-electron chi connectivity index (χ2n) is 4.15. The van der Waals surface area contributed by atoms with Gasteiger partial charge in [-0.3, -0.25) is 9.88 Å². The minimum Gasteiger partial charge on any atom is -0.397 e. The number of rotatable bonds is 5. The lowest BCUT2D eigenvalue weighted by atomic mass is 10.2. The van der Waals surface area contributed by atoms with Crippen molar-refractivity contribution in [2.24, 2.45) is 0 Å². The molecule has 3 heteroatoms. The van der Waals surface area contributed by atoms with Gasteiger partial charge in [-0.15, -0.1) is 0 Å². The first-order valence-corrected chi connectivity index (χ1v) is 5.58. The van der Waals surface area contributed by atoms with Crippen molar-refractivity contribution in [2.75, 3.05) is 12.3 Å². The summed E-state index contributed by atoms with van der Waals surface area (Å²) in [5, 5.41) is 0. The minimum absolute atomic E-state index is 0.560. The lowest BCUT2D eigenvalue weighted by Crippen LogP contribution is -2.31. The summed E-state index contributed by atoms with van der Waals surface area (Å²) in [5.74, 6) is 0. The van der Waals surface area contributed by atoms with Crippen molar-refractivity contribution in [3.05, 3.63) is 24.0 Å². The zero-order valence-electron chi connectivity index (χ0n) is 9.90. The monoisotopic (exact) mass is 207 g/mol. The molecule has 0 radical (unpaired) electrons. The van der Waals surface area contributed by atoms with Gasteiger partial charge in [-0.2, -0.15) is 0 Å². The third kappa shape index (κ3) is 3.88. The molecule has 0 aliphatic heterocycles. The van der Waals surface area contributed by atoms with Gasteiger partial charge in [0.2, 0.25) is 0 Å². The highest BCUT2D eigenvalue weighted by atomic mass is 15.1. The molecule has 0 bridgehead atoms. The molecule has 1 rings (SSSR count). The van der Waals surface area contributed by atoms with Crippen LogP contribution in [0.3, 0.4) is 0 Å². The summed E-state index contributed by atoms with van der Waals surface area (Å²) in [7, 11) is 0. The minimum atomic E-state index is 0.560. The van der Waals surface area contributed by atoms with Crippen molar-refractivity contribution in [1.82, 2.24) is 9.88 Å². The predicted molar refractivity (Wildman–Crippen MR) is 64.5 cm³/mol. The van der Waals surface area contributed by atoms with Gasteiger partial charge >= 0.3 is 0 Å². The van der Waals surface area contributed by atoms with Crippen molar-refractivity contribution in [1.29, 1.82) is 0 Å². The molecule has 0 fully saturated rings. The molecule has 0 spiro atoms. The fourth-order valence-electron chi connectivity index (χ4n) is 1.54. The molecule has 84 valence electrons. The molecule has 0 saturated carbocycles.